The number of rotatable bonds is 9. The summed E-state index contributed by atoms with van der Waals surface area (Å²) in [5, 5.41) is 4.33. The summed E-state index contributed by atoms with van der Waals surface area (Å²) in [6.45, 7) is -0.284. The number of fused-ring (bicyclic) bond motifs is 16. The molecule has 10 heteroatoms. The van der Waals surface area contributed by atoms with Gasteiger partial charge in [-0.1, -0.05) is 36.4 Å². The van der Waals surface area contributed by atoms with Crippen molar-refractivity contribution in [3.8, 4) is 0 Å². The van der Waals surface area contributed by atoms with Gasteiger partial charge in [-0.25, -0.2) is 0 Å². The summed E-state index contributed by atoms with van der Waals surface area (Å²) in [6.07, 6.45) is 0. The number of anilines is 15. The zero-order valence-corrected chi connectivity index (χ0v) is 52.4. The molecule has 20 rings (SSSR count). The van der Waals surface area contributed by atoms with E-state index in [9.17, 15) is 0 Å². The third-order valence-corrected chi connectivity index (χ3v) is 21.9. The van der Waals surface area contributed by atoms with Crippen molar-refractivity contribution in [2.45, 2.75) is 0 Å². The molecule has 0 fully saturated rings. The molecule has 0 unspecified atom stereocenters. The minimum atomic E-state index is -0.173. The summed E-state index contributed by atoms with van der Waals surface area (Å²) >= 11 is -0.146. The standard InChI is InChI=1S/C84H53B2N5O2Se/c1-8-26-54(27-9-1)87(55-28-10-2-11-29-55)61-44-46-63-65-50-74-79-81(83(65)92-75(63)48-61)90(59-36-18-6-19-37-59)71-42-24-22-40-67(71)85(79)69-52-70-77(53-73(69)89(74)58-34-16-5-17-35-58)94-78-51-66-64-47-45-62(88(56-30-12-3-13-31-56)57-32-14-4-15-33-57)49-76(64)93-84(66)82-80(78)86(70)68-41-23-25-43-72(68)91(82)60-38-20-7-21-39-60/h1-53H. The predicted molar refractivity (Wildman–Crippen MR) is 395 cm³/mol. The summed E-state index contributed by atoms with van der Waals surface area (Å²) in [7, 11) is 0. The summed E-state index contributed by atoms with van der Waals surface area (Å²) < 4.78 is 17.8. The van der Waals surface area contributed by atoms with E-state index in [0.29, 0.717) is 0 Å². The molecule has 4 aliphatic rings. The fourth-order valence-corrected chi connectivity index (χ4v) is 18.2. The van der Waals surface area contributed by atoms with Gasteiger partial charge in [0.15, 0.2) is 0 Å². The summed E-state index contributed by atoms with van der Waals surface area (Å²) in [5.41, 5.74) is 27.4. The Balaban J connectivity index is 0.839. The quantitative estimate of drug-likeness (QED) is 0.133. The summed E-state index contributed by atoms with van der Waals surface area (Å²) in [5.74, 6) is 0. The van der Waals surface area contributed by atoms with Crippen LogP contribution in [0.3, 0.4) is 0 Å². The molecule has 0 atom stereocenters. The van der Waals surface area contributed by atoms with Crippen molar-refractivity contribution in [3.05, 3.63) is 322 Å². The third-order valence-electron chi connectivity index (χ3n) is 19.6. The van der Waals surface area contributed by atoms with E-state index in [2.05, 4.69) is 346 Å². The Labute approximate surface area is 550 Å². The Hall–Kier alpha value is -11.7. The fraction of sp³-hybridized carbons (Fsp3) is 0. The first kappa shape index (κ1) is 53.0. The molecule has 0 aliphatic carbocycles. The number of hydrogen-bond donors (Lipinski definition) is 0. The van der Waals surface area contributed by atoms with Gasteiger partial charge in [-0.3, -0.25) is 0 Å². The molecule has 16 aromatic rings. The molecule has 0 spiro atoms. The summed E-state index contributed by atoms with van der Waals surface area (Å²) in [4.78, 5) is 12.2. The van der Waals surface area contributed by atoms with E-state index in [-0.39, 0.29) is 28.4 Å². The zero-order chi connectivity index (χ0) is 61.5. The monoisotopic (exact) mass is 1270 g/mol. The van der Waals surface area contributed by atoms with Crippen molar-refractivity contribution in [1.82, 2.24) is 0 Å². The van der Waals surface area contributed by atoms with Crippen molar-refractivity contribution < 1.29 is 8.83 Å². The molecular formula is C84H53B2N5O2Se. The topological polar surface area (TPSA) is 42.5 Å². The number of hydrogen-bond acceptors (Lipinski definition) is 7. The van der Waals surface area contributed by atoms with E-state index >= 15 is 0 Å². The first-order chi connectivity index (χ1) is 46.7. The van der Waals surface area contributed by atoms with E-state index in [1.807, 2.05) is 0 Å². The van der Waals surface area contributed by atoms with Gasteiger partial charge in [0.1, 0.15) is 0 Å². The Bertz CT molecular complexity index is 5620. The van der Waals surface area contributed by atoms with Gasteiger partial charge in [0.25, 0.3) is 0 Å². The normalized spacial score (nSPS) is 13.2. The number of benzene rings is 14. The van der Waals surface area contributed by atoms with E-state index in [0.717, 1.165) is 124 Å². The Morgan fingerprint density at radius 2 is 0.660 bits per heavy atom. The fourth-order valence-electron chi connectivity index (χ4n) is 15.7. The van der Waals surface area contributed by atoms with Crippen LogP contribution in [0.1, 0.15) is 0 Å². The SMILES string of the molecule is c1ccc(N(c2ccccc2)c2ccc3c(c2)oc2c4c5c(cc23)[Se]c2cc3c(cc2B5c2ccccc2N4c2ccccc2)B2c4ccccc4N(c4ccccc4)c4c2c(cc2c4oc4cc(N(c5ccccc5)c5ccccc5)ccc42)N3c2ccccc2)cc1. The molecule has 94 heavy (non-hydrogen) atoms. The van der Waals surface area contributed by atoms with Crippen LogP contribution in [0.4, 0.5) is 85.3 Å². The molecule has 2 aromatic heterocycles. The van der Waals surface area contributed by atoms with Crippen LogP contribution in [-0.4, -0.2) is 28.4 Å². The van der Waals surface area contributed by atoms with E-state index in [1.165, 1.54) is 47.4 Å². The molecule has 0 amide bonds. The van der Waals surface area contributed by atoms with Crippen molar-refractivity contribution in [2.24, 2.45) is 0 Å². The van der Waals surface area contributed by atoms with Crippen LogP contribution >= 0.6 is 0 Å². The Kier molecular flexibility index (Phi) is 11.8. The molecule has 0 N–H and O–H groups in total. The predicted octanol–water partition coefficient (Wildman–Crippen LogP) is 16.8. The second-order valence-corrected chi connectivity index (χ2v) is 26.9. The number of furan rings is 2. The molecule has 0 saturated carbocycles. The van der Waals surface area contributed by atoms with Crippen LogP contribution in [0.5, 0.6) is 0 Å². The number of nitrogens with zero attached hydrogens (tertiary/aromatic N) is 5. The first-order valence-corrected chi connectivity index (χ1v) is 33.8. The van der Waals surface area contributed by atoms with Crippen LogP contribution in [0, 0.1) is 0 Å². The molecule has 14 aromatic carbocycles. The van der Waals surface area contributed by atoms with Crippen molar-refractivity contribution in [3.63, 3.8) is 0 Å². The average molecular weight is 1260 g/mol. The molecule has 7 nitrogen and oxygen atoms in total. The van der Waals surface area contributed by atoms with Crippen molar-refractivity contribution >= 4 is 199 Å². The van der Waals surface area contributed by atoms with Crippen LogP contribution in [0.15, 0.2) is 330 Å². The molecule has 0 bridgehead atoms. The Morgan fingerprint density at radius 1 is 0.266 bits per heavy atom. The molecule has 4 aliphatic heterocycles. The van der Waals surface area contributed by atoms with E-state index in [4.69, 9.17) is 8.83 Å². The maximum atomic E-state index is 7.57. The van der Waals surface area contributed by atoms with Crippen molar-refractivity contribution in [1.29, 1.82) is 0 Å². The van der Waals surface area contributed by atoms with E-state index in [1.54, 1.807) is 0 Å². The molecule has 6 heterocycles. The average Bonchev–Trinajstić information content (AvgIpc) is 1.12. The van der Waals surface area contributed by atoms with Crippen molar-refractivity contribution in [2.75, 3.05) is 24.5 Å². The van der Waals surface area contributed by atoms with Crippen LogP contribution in [0.2, 0.25) is 0 Å². The van der Waals surface area contributed by atoms with E-state index < -0.39 is 0 Å². The van der Waals surface area contributed by atoms with Gasteiger partial charge in [-0.05, 0) is 24.3 Å². The van der Waals surface area contributed by atoms with Gasteiger partial charge in [-0.2, -0.15) is 0 Å². The summed E-state index contributed by atoms with van der Waals surface area (Å²) in [6, 6.07) is 117. The molecule has 0 radical (unpaired) electrons. The molecule has 438 valence electrons. The van der Waals surface area contributed by atoms with Gasteiger partial charge < -0.3 is 0 Å². The van der Waals surface area contributed by atoms with Gasteiger partial charge in [0.2, 0.25) is 0 Å². The Morgan fingerprint density at radius 3 is 1.13 bits per heavy atom. The second kappa shape index (κ2) is 20.9. The van der Waals surface area contributed by atoms with Gasteiger partial charge in [0.05, 0.1) is 0 Å². The maximum absolute atomic E-state index is 7.57. The van der Waals surface area contributed by atoms with Crippen LogP contribution in [-0.2, 0) is 0 Å². The van der Waals surface area contributed by atoms with Gasteiger partial charge in [-0.15, -0.1) is 0 Å². The third kappa shape index (κ3) is 7.94. The van der Waals surface area contributed by atoms with Gasteiger partial charge >= 0.3 is 482 Å². The first-order valence-electron chi connectivity index (χ1n) is 32.1. The minimum absolute atomic E-state index is 0.110. The number of para-hydroxylation sites is 9. The zero-order valence-electron chi connectivity index (χ0n) is 50.7. The van der Waals surface area contributed by atoms with Crippen LogP contribution < -0.4 is 66.2 Å². The van der Waals surface area contributed by atoms with Gasteiger partial charge in [0, 0.05) is 11.4 Å². The molecular weight excluding hydrogens is 1210 g/mol. The second-order valence-electron chi connectivity index (χ2n) is 24.7. The molecule has 0 saturated heterocycles. The van der Waals surface area contributed by atoms with Crippen LogP contribution in [0.25, 0.3) is 43.9 Å².